The fourth-order valence-corrected chi connectivity index (χ4v) is 2.54. The molecule has 0 fully saturated rings. The standard InChI is InChI=1S/C21H16O3/c22-20-13-11-15(14-19(20)21(23)24)10-12-17-8-4-5-9-18(17)16-6-2-1-3-7-16/h1-14,22H,(H,23,24)/b12-10+. The number of phenols is 1. The second kappa shape index (κ2) is 6.84. The van der Waals surface area contributed by atoms with Crippen LogP contribution in [0.1, 0.15) is 21.5 Å². The van der Waals surface area contributed by atoms with Gasteiger partial charge in [0.1, 0.15) is 11.3 Å². The highest BCUT2D eigenvalue weighted by Crippen LogP contribution is 2.26. The summed E-state index contributed by atoms with van der Waals surface area (Å²) in [7, 11) is 0. The Labute approximate surface area is 140 Å². The molecule has 3 aromatic carbocycles. The van der Waals surface area contributed by atoms with Gasteiger partial charge in [-0.1, -0.05) is 72.8 Å². The predicted molar refractivity (Wildman–Crippen MR) is 95.9 cm³/mol. The molecule has 0 heterocycles. The maximum absolute atomic E-state index is 11.1. The Hall–Kier alpha value is -3.33. The monoisotopic (exact) mass is 316 g/mol. The third kappa shape index (κ3) is 3.36. The van der Waals surface area contributed by atoms with Gasteiger partial charge in [0.15, 0.2) is 0 Å². The third-order valence-electron chi connectivity index (χ3n) is 3.75. The van der Waals surface area contributed by atoms with E-state index in [1.54, 1.807) is 6.07 Å². The van der Waals surface area contributed by atoms with E-state index in [4.69, 9.17) is 5.11 Å². The van der Waals surface area contributed by atoms with E-state index in [0.29, 0.717) is 5.56 Å². The van der Waals surface area contributed by atoms with Gasteiger partial charge in [-0.3, -0.25) is 0 Å². The van der Waals surface area contributed by atoms with Crippen LogP contribution in [0.4, 0.5) is 0 Å². The maximum Gasteiger partial charge on any atom is 0.339 e. The second-order valence-corrected chi connectivity index (χ2v) is 5.37. The molecule has 0 spiro atoms. The van der Waals surface area contributed by atoms with E-state index in [9.17, 15) is 9.90 Å². The van der Waals surface area contributed by atoms with Crippen molar-refractivity contribution in [2.24, 2.45) is 0 Å². The molecule has 0 radical (unpaired) electrons. The largest absolute Gasteiger partial charge is 0.507 e. The zero-order valence-corrected chi connectivity index (χ0v) is 12.9. The van der Waals surface area contributed by atoms with Crippen molar-refractivity contribution in [3.05, 3.63) is 89.5 Å². The highest BCUT2D eigenvalue weighted by atomic mass is 16.4. The van der Waals surface area contributed by atoms with Gasteiger partial charge >= 0.3 is 5.97 Å². The lowest BCUT2D eigenvalue weighted by Gasteiger charge is -2.06. The number of aromatic hydroxyl groups is 1. The fraction of sp³-hybridized carbons (Fsp3) is 0. The summed E-state index contributed by atoms with van der Waals surface area (Å²) in [4.78, 5) is 11.1. The molecule has 24 heavy (non-hydrogen) atoms. The van der Waals surface area contributed by atoms with E-state index in [2.05, 4.69) is 18.2 Å². The average molecular weight is 316 g/mol. The molecule has 3 aromatic rings. The SMILES string of the molecule is O=C(O)c1cc(/C=C/c2ccccc2-c2ccccc2)ccc1O. The van der Waals surface area contributed by atoms with Crippen molar-refractivity contribution in [1.82, 2.24) is 0 Å². The topological polar surface area (TPSA) is 57.5 Å². The molecule has 3 rings (SSSR count). The Bertz CT molecular complexity index is 896. The first-order chi connectivity index (χ1) is 11.6. The summed E-state index contributed by atoms with van der Waals surface area (Å²) in [6, 6.07) is 22.6. The van der Waals surface area contributed by atoms with E-state index < -0.39 is 5.97 Å². The van der Waals surface area contributed by atoms with Crippen molar-refractivity contribution in [1.29, 1.82) is 0 Å². The molecule has 0 aliphatic rings. The lowest BCUT2D eigenvalue weighted by Crippen LogP contribution is -1.96. The van der Waals surface area contributed by atoms with Crippen LogP contribution in [-0.2, 0) is 0 Å². The summed E-state index contributed by atoms with van der Waals surface area (Å²) in [5.41, 5.74) is 3.87. The van der Waals surface area contributed by atoms with Crippen LogP contribution < -0.4 is 0 Å². The van der Waals surface area contributed by atoms with Crippen LogP contribution >= 0.6 is 0 Å². The third-order valence-corrected chi connectivity index (χ3v) is 3.75. The molecular formula is C21H16O3. The van der Waals surface area contributed by atoms with Crippen molar-refractivity contribution in [2.75, 3.05) is 0 Å². The Balaban J connectivity index is 1.96. The minimum Gasteiger partial charge on any atom is -0.507 e. The number of aromatic carboxylic acids is 1. The molecule has 118 valence electrons. The minimum absolute atomic E-state index is 0.103. The van der Waals surface area contributed by atoms with Crippen molar-refractivity contribution in [2.45, 2.75) is 0 Å². The molecule has 2 N–H and O–H groups in total. The number of rotatable bonds is 4. The molecule has 0 saturated heterocycles. The average Bonchev–Trinajstić information content (AvgIpc) is 2.62. The number of hydrogen-bond donors (Lipinski definition) is 2. The van der Waals surface area contributed by atoms with Gasteiger partial charge in [0.2, 0.25) is 0 Å². The molecule has 0 atom stereocenters. The summed E-state index contributed by atoms with van der Waals surface area (Å²) in [5.74, 6) is -1.38. The summed E-state index contributed by atoms with van der Waals surface area (Å²) in [5, 5.41) is 18.7. The first kappa shape index (κ1) is 15.6. The molecule has 0 aliphatic heterocycles. The quantitative estimate of drug-likeness (QED) is 0.671. The molecule has 3 nitrogen and oxygen atoms in total. The maximum atomic E-state index is 11.1. The van der Waals surface area contributed by atoms with E-state index >= 15 is 0 Å². The van der Waals surface area contributed by atoms with Crippen LogP contribution in [0.25, 0.3) is 23.3 Å². The number of hydrogen-bond acceptors (Lipinski definition) is 2. The summed E-state index contributed by atoms with van der Waals surface area (Å²) >= 11 is 0. The first-order valence-electron chi connectivity index (χ1n) is 7.54. The van der Waals surface area contributed by atoms with E-state index in [0.717, 1.165) is 16.7 Å². The molecule has 0 aliphatic carbocycles. The number of carbonyl (C=O) groups is 1. The molecule has 0 bridgehead atoms. The van der Waals surface area contributed by atoms with E-state index in [-0.39, 0.29) is 11.3 Å². The summed E-state index contributed by atoms with van der Waals surface area (Å²) in [6.07, 6.45) is 3.79. The molecule has 0 aromatic heterocycles. The van der Waals surface area contributed by atoms with Gasteiger partial charge in [-0.05, 0) is 34.4 Å². The smallest absolute Gasteiger partial charge is 0.339 e. The zero-order chi connectivity index (χ0) is 16.9. The number of benzene rings is 3. The van der Waals surface area contributed by atoms with Crippen LogP contribution in [0.3, 0.4) is 0 Å². The normalized spacial score (nSPS) is 10.8. The van der Waals surface area contributed by atoms with Crippen molar-refractivity contribution in [3.8, 4) is 16.9 Å². The summed E-state index contributed by atoms with van der Waals surface area (Å²) < 4.78 is 0. The minimum atomic E-state index is -1.15. The van der Waals surface area contributed by atoms with Gasteiger partial charge in [-0.25, -0.2) is 4.79 Å². The van der Waals surface area contributed by atoms with Crippen molar-refractivity contribution in [3.63, 3.8) is 0 Å². The van der Waals surface area contributed by atoms with E-state index in [1.165, 1.54) is 12.1 Å². The first-order valence-corrected chi connectivity index (χ1v) is 7.54. The van der Waals surface area contributed by atoms with Crippen LogP contribution in [0, 0.1) is 0 Å². The highest BCUT2D eigenvalue weighted by molar-refractivity contribution is 5.92. The molecule has 3 heteroatoms. The van der Waals surface area contributed by atoms with Crippen molar-refractivity contribution >= 4 is 18.1 Å². The van der Waals surface area contributed by atoms with Gasteiger partial charge in [0.25, 0.3) is 0 Å². The van der Waals surface area contributed by atoms with Crippen LogP contribution in [0.2, 0.25) is 0 Å². The fourth-order valence-electron chi connectivity index (χ4n) is 2.54. The number of carboxylic acids is 1. The van der Waals surface area contributed by atoms with Crippen LogP contribution in [0.15, 0.2) is 72.8 Å². The van der Waals surface area contributed by atoms with Gasteiger partial charge in [0.05, 0.1) is 0 Å². The second-order valence-electron chi connectivity index (χ2n) is 5.37. The zero-order valence-electron chi connectivity index (χ0n) is 12.9. The lowest BCUT2D eigenvalue weighted by molar-refractivity contribution is 0.0693. The Kier molecular flexibility index (Phi) is 4.43. The van der Waals surface area contributed by atoms with Gasteiger partial charge in [-0.2, -0.15) is 0 Å². The molecule has 0 unspecified atom stereocenters. The molecular weight excluding hydrogens is 300 g/mol. The summed E-state index contributed by atoms with van der Waals surface area (Å²) in [6.45, 7) is 0. The van der Waals surface area contributed by atoms with Crippen LogP contribution in [-0.4, -0.2) is 16.2 Å². The molecule has 0 saturated carbocycles. The number of carboxylic acid groups (broad SMARTS) is 1. The van der Waals surface area contributed by atoms with Gasteiger partial charge in [0, 0.05) is 0 Å². The predicted octanol–water partition coefficient (Wildman–Crippen LogP) is 4.93. The highest BCUT2D eigenvalue weighted by Gasteiger charge is 2.09. The Morgan fingerprint density at radius 2 is 1.54 bits per heavy atom. The lowest BCUT2D eigenvalue weighted by atomic mass is 9.99. The van der Waals surface area contributed by atoms with E-state index in [1.807, 2.05) is 48.6 Å². The Morgan fingerprint density at radius 1 is 0.833 bits per heavy atom. The van der Waals surface area contributed by atoms with Gasteiger partial charge in [-0.15, -0.1) is 0 Å². The van der Waals surface area contributed by atoms with Crippen molar-refractivity contribution < 1.29 is 15.0 Å². The van der Waals surface area contributed by atoms with Crippen LogP contribution in [0.5, 0.6) is 5.75 Å². The Morgan fingerprint density at radius 3 is 2.29 bits per heavy atom. The molecule has 0 amide bonds. The van der Waals surface area contributed by atoms with Gasteiger partial charge < -0.3 is 10.2 Å².